The van der Waals surface area contributed by atoms with Crippen LogP contribution in [0.2, 0.25) is 5.02 Å². The summed E-state index contributed by atoms with van der Waals surface area (Å²) in [6, 6.07) is 6.90. The van der Waals surface area contributed by atoms with E-state index in [9.17, 15) is 5.11 Å². The molecule has 5 nitrogen and oxygen atoms in total. The van der Waals surface area contributed by atoms with Gasteiger partial charge in [0, 0.05) is 5.02 Å². The summed E-state index contributed by atoms with van der Waals surface area (Å²) < 4.78 is 15.4. The normalized spacial score (nSPS) is 29.0. The number of aliphatic hydroxyl groups excluding tert-OH is 2. The van der Waals surface area contributed by atoms with Crippen LogP contribution in [0.4, 0.5) is 0 Å². The molecule has 1 saturated heterocycles. The lowest BCUT2D eigenvalue weighted by Gasteiger charge is -2.30. The monoisotopic (exact) mass is 260 g/mol. The van der Waals surface area contributed by atoms with Gasteiger partial charge in [0.15, 0.2) is 0 Å². The van der Waals surface area contributed by atoms with Crippen LogP contribution in [0.15, 0.2) is 24.3 Å². The van der Waals surface area contributed by atoms with Crippen LogP contribution in [-0.2, 0) is 9.47 Å². The van der Waals surface area contributed by atoms with Crippen molar-refractivity contribution in [1.29, 1.82) is 0 Å². The van der Waals surface area contributed by atoms with E-state index in [-0.39, 0.29) is 13.2 Å². The molecular weight excluding hydrogens is 248 g/mol. The maximum absolute atomic E-state index is 9.21. The van der Waals surface area contributed by atoms with E-state index < -0.39 is 18.7 Å². The summed E-state index contributed by atoms with van der Waals surface area (Å²) in [4.78, 5) is 0. The summed E-state index contributed by atoms with van der Waals surface area (Å²) >= 11 is 5.73. The molecule has 0 spiro atoms. The van der Waals surface area contributed by atoms with Crippen molar-refractivity contribution in [2.75, 3.05) is 13.2 Å². The zero-order valence-corrected chi connectivity index (χ0v) is 9.71. The summed E-state index contributed by atoms with van der Waals surface area (Å²) in [6.45, 7) is 0.400. The van der Waals surface area contributed by atoms with Gasteiger partial charge < -0.3 is 24.4 Å². The van der Waals surface area contributed by atoms with Gasteiger partial charge in [-0.2, -0.15) is 0 Å². The van der Waals surface area contributed by atoms with Crippen LogP contribution >= 0.6 is 11.6 Å². The molecule has 0 aliphatic carbocycles. The highest BCUT2D eigenvalue weighted by atomic mass is 35.5. The first kappa shape index (κ1) is 12.6. The minimum atomic E-state index is -1.33. The van der Waals surface area contributed by atoms with Gasteiger partial charge in [0.25, 0.3) is 0 Å². The first-order valence-corrected chi connectivity index (χ1v) is 5.54. The largest absolute Gasteiger partial charge is 0.491 e. The smallest absolute Gasteiger partial charge is 0.207 e. The van der Waals surface area contributed by atoms with Crippen molar-refractivity contribution >= 4 is 11.6 Å². The molecule has 2 rings (SSSR count). The van der Waals surface area contributed by atoms with Gasteiger partial charge in [0.1, 0.15) is 18.5 Å². The molecule has 1 aromatic rings. The first-order chi connectivity index (χ1) is 8.15. The molecule has 6 heteroatoms. The summed E-state index contributed by atoms with van der Waals surface area (Å²) in [5, 5.41) is 18.9. The third-order valence-corrected chi connectivity index (χ3v) is 2.53. The zero-order chi connectivity index (χ0) is 12.3. The third-order valence-electron chi connectivity index (χ3n) is 2.28. The van der Waals surface area contributed by atoms with Crippen molar-refractivity contribution in [3.63, 3.8) is 0 Å². The Morgan fingerprint density at radius 3 is 2.59 bits per heavy atom. The molecule has 94 valence electrons. The van der Waals surface area contributed by atoms with Gasteiger partial charge in [-0.1, -0.05) is 11.6 Å². The molecule has 1 aliphatic rings. The second kappa shape index (κ2) is 5.66. The first-order valence-electron chi connectivity index (χ1n) is 5.17. The summed E-state index contributed by atoms with van der Waals surface area (Å²) in [7, 11) is 0. The van der Waals surface area contributed by atoms with Crippen molar-refractivity contribution in [2.24, 2.45) is 0 Å². The van der Waals surface area contributed by atoms with Crippen LogP contribution in [-0.4, -0.2) is 42.1 Å². The van der Waals surface area contributed by atoms with Gasteiger partial charge in [0.05, 0.1) is 6.61 Å². The molecule has 0 amide bonds. The van der Waals surface area contributed by atoms with Crippen molar-refractivity contribution in [2.45, 2.75) is 18.7 Å². The van der Waals surface area contributed by atoms with Gasteiger partial charge in [-0.05, 0) is 24.3 Å². The molecule has 0 unspecified atom stereocenters. The number of rotatable bonds is 3. The molecule has 1 fully saturated rings. The van der Waals surface area contributed by atoms with Crippen molar-refractivity contribution in [3.05, 3.63) is 29.3 Å². The van der Waals surface area contributed by atoms with Gasteiger partial charge in [-0.15, -0.1) is 0 Å². The van der Waals surface area contributed by atoms with E-state index in [0.29, 0.717) is 10.8 Å². The highest BCUT2D eigenvalue weighted by Crippen LogP contribution is 2.17. The van der Waals surface area contributed by atoms with Crippen molar-refractivity contribution in [3.8, 4) is 5.75 Å². The van der Waals surface area contributed by atoms with Crippen LogP contribution in [0.3, 0.4) is 0 Å². The number of hydrogen-bond donors (Lipinski definition) is 2. The molecular formula is C11H13ClO5. The Hall–Kier alpha value is -0.850. The van der Waals surface area contributed by atoms with E-state index in [0.717, 1.165) is 0 Å². The number of benzene rings is 1. The number of aliphatic hydroxyl groups is 2. The molecule has 2 N–H and O–H groups in total. The van der Waals surface area contributed by atoms with Crippen LogP contribution in [0.25, 0.3) is 0 Å². The highest BCUT2D eigenvalue weighted by Gasteiger charge is 2.29. The van der Waals surface area contributed by atoms with Crippen LogP contribution in [0, 0.1) is 0 Å². The maximum Gasteiger partial charge on any atom is 0.207 e. The van der Waals surface area contributed by atoms with Gasteiger partial charge in [0.2, 0.25) is 12.6 Å². The fraction of sp³-hybridized carbons (Fsp3) is 0.455. The summed E-state index contributed by atoms with van der Waals surface area (Å²) in [5.74, 6) is 0.651. The number of hydrogen-bond acceptors (Lipinski definition) is 5. The number of halogens is 1. The quantitative estimate of drug-likeness (QED) is 0.840. The molecule has 1 heterocycles. The average molecular weight is 261 g/mol. The Kier molecular flexibility index (Phi) is 4.20. The van der Waals surface area contributed by atoms with Gasteiger partial charge in [-0.3, -0.25) is 0 Å². The minimum Gasteiger partial charge on any atom is -0.491 e. The van der Waals surface area contributed by atoms with Crippen LogP contribution in [0.5, 0.6) is 5.75 Å². The molecule has 0 aromatic heterocycles. The second-order valence-corrected chi connectivity index (χ2v) is 4.07. The SMILES string of the molecule is O[C@@H]1OC[C@@H](COc2ccc(Cl)cc2)O[C@H]1O. The van der Waals surface area contributed by atoms with Crippen LogP contribution < -0.4 is 4.74 Å². The lowest BCUT2D eigenvalue weighted by atomic mass is 10.3. The molecule has 0 saturated carbocycles. The van der Waals surface area contributed by atoms with Gasteiger partial charge >= 0.3 is 0 Å². The minimum absolute atomic E-state index is 0.172. The molecule has 0 bridgehead atoms. The van der Waals surface area contributed by atoms with Crippen LogP contribution in [0.1, 0.15) is 0 Å². The maximum atomic E-state index is 9.21. The summed E-state index contributed by atoms with van der Waals surface area (Å²) in [6.07, 6.45) is -3.03. The summed E-state index contributed by atoms with van der Waals surface area (Å²) in [5.41, 5.74) is 0. The van der Waals surface area contributed by atoms with E-state index in [4.69, 9.17) is 30.9 Å². The van der Waals surface area contributed by atoms with Gasteiger partial charge in [-0.25, -0.2) is 0 Å². The van der Waals surface area contributed by atoms with E-state index >= 15 is 0 Å². The third kappa shape index (κ3) is 3.55. The Morgan fingerprint density at radius 1 is 1.24 bits per heavy atom. The molecule has 0 radical (unpaired) electrons. The lowest BCUT2D eigenvalue weighted by molar-refractivity contribution is -0.316. The van der Waals surface area contributed by atoms with E-state index in [1.54, 1.807) is 24.3 Å². The second-order valence-electron chi connectivity index (χ2n) is 3.64. The number of ether oxygens (including phenoxy) is 3. The van der Waals surface area contributed by atoms with E-state index in [1.807, 2.05) is 0 Å². The lowest BCUT2D eigenvalue weighted by Crippen LogP contribution is -2.45. The molecule has 17 heavy (non-hydrogen) atoms. The highest BCUT2D eigenvalue weighted by molar-refractivity contribution is 6.30. The Bertz CT molecular complexity index is 355. The Morgan fingerprint density at radius 2 is 1.94 bits per heavy atom. The predicted octanol–water partition coefficient (Wildman–Crippen LogP) is 0.771. The average Bonchev–Trinajstić information content (AvgIpc) is 2.33. The fourth-order valence-electron chi connectivity index (χ4n) is 1.40. The van der Waals surface area contributed by atoms with Crippen molar-refractivity contribution < 1.29 is 24.4 Å². The molecule has 3 atom stereocenters. The Labute approximate surface area is 103 Å². The zero-order valence-electron chi connectivity index (χ0n) is 8.95. The topological polar surface area (TPSA) is 68.2 Å². The molecule has 1 aliphatic heterocycles. The molecule has 1 aromatic carbocycles. The van der Waals surface area contributed by atoms with E-state index in [2.05, 4.69) is 0 Å². The fourth-order valence-corrected chi connectivity index (χ4v) is 1.53. The van der Waals surface area contributed by atoms with E-state index in [1.165, 1.54) is 0 Å². The Balaban J connectivity index is 1.80. The predicted molar refractivity (Wildman–Crippen MR) is 59.8 cm³/mol. The standard InChI is InChI=1S/C11H13ClO5/c12-7-1-3-8(4-2-7)15-5-9-6-16-10(13)11(14)17-9/h1-4,9-11,13-14H,5-6H2/t9-,10-,11-/m1/s1. The van der Waals surface area contributed by atoms with Crippen molar-refractivity contribution in [1.82, 2.24) is 0 Å².